The van der Waals surface area contributed by atoms with Gasteiger partial charge in [-0.2, -0.15) is 8.42 Å². The fraction of sp³-hybridized carbons (Fsp3) is 0.333. The second-order valence-electron chi connectivity index (χ2n) is 2.70. The summed E-state index contributed by atoms with van der Waals surface area (Å²) in [6.07, 6.45) is -0.0326. The zero-order valence-electron chi connectivity index (χ0n) is 7.52. The Kier molecular flexibility index (Phi) is 3.88. The van der Waals surface area contributed by atoms with Crippen molar-refractivity contribution in [1.82, 2.24) is 0 Å². The zero-order chi connectivity index (χ0) is 10.4. The minimum Gasteiger partial charge on any atom is -0.382 e. The van der Waals surface area contributed by atoms with E-state index in [4.69, 9.17) is 4.18 Å². The van der Waals surface area contributed by atoms with Crippen LogP contribution < -0.4 is 4.18 Å². The van der Waals surface area contributed by atoms with Gasteiger partial charge in [0.2, 0.25) is 0 Å². The number of hydrogen-bond acceptors (Lipinski definition) is 3. The van der Waals surface area contributed by atoms with E-state index in [1.807, 2.05) is 0 Å². The van der Waals surface area contributed by atoms with Crippen molar-refractivity contribution >= 4 is 10.1 Å². The average Bonchev–Trinajstić information content (AvgIpc) is 2.16. The van der Waals surface area contributed by atoms with Gasteiger partial charge in [-0.05, 0) is 18.6 Å². The Morgan fingerprint density at radius 3 is 2.43 bits per heavy atom. The highest BCUT2D eigenvalue weighted by Gasteiger charge is 2.11. The van der Waals surface area contributed by atoms with Crippen LogP contribution in [-0.4, -0.2) is 20.8 Å². The summed E-state index contributed by atoms with van der Waals surface area (Å²) >= 11 is 0. The molecule has 0 unspecified atom stereocenters. The van der Waals surface area contributed by atoms with Crippen LogP contribution in [0.25, 0.3) is 0 Å². The van der Waals surface area contributed by atoms with Crippen LogP contribution >= 0.6 is 0 Å². The number of benzene rings is 1. The molecule has 1 aromatic rings. The van der Waals surface area contributed by atoms with E-state index in [2.05, 4.69) is 0 Å². The van der Waals surface area contributed by atoms with Gasteiger partial charge in [0.1, 0.15) is 5.75 Å². The maximum absolute atomic E-state index is 11.7. The van der Waals surface area contributed by atoms with Crippen LogP contribution in [-0.2, 0) is 10.1 Å². The van der Waals surface area contributed by atoms with Crippen LogP contribution in [0.5, 0.6) is 5.75 Å². The minimum absolute atomic E-state index is 0.0326. The highest BCUT2D eigenvalue weighted by molar-refractivity contribution is 7.87. The number of halogens is 1. The molecule has 0 amide bonds. The molecular formula is C9H11FO3S. The molecule has 0 aliphatic carbocycles. The lowest BCUT2D eigenvalue weighted by atomic mass is 10.3. The fourth-order valence-electron chi connectivity index (χ4n) is 0.896. The number of alkyl halides is 1. The third-order valence-electron chi connectivity index (χ3n) is 1.49. The van der Waals surface area contributed by atoms with Gasteiger partial charge in [-0.3, -0.25) is 4.39 Å². The van der Waals surface area contributed by atoms with Gasteiger partial charge in [0, 0.05) is 0 Å². The van der Waals surface area contributed by atoms with Crippen molar-refractivity contribution in [1.29, 1.82) is 0 Å². The standard InChI is InChI=1S/C9H11FO3S/c10-7-4-8-14(11,12)13-9-5-2-1-3-6-9/h1-3,5-6H,4,7-8H2. The molecular weight excluding hydrogens is 207 g/mol. The molecule has 78 valence electrons. The van der Waals surface area contributed by atoms with Crippen LogP contribution in [0.1, 0.15) is 6.42 Å². The summed E-state index contributed by atoms with van der Waals surface area (Å²) in [5, 5.41) is 0. The molecule has 0 radical (unpaired) electrons. The van der Waals surface area contributed by atoms with E-state index in [1.54, 1.807) is 18.2 Å². The lowest BCUT2D eigenvalue weighted by Gasteiger charge is -2.04. The summed E-state index contributed by atoms with van der Waals surface area (Å²) in [6.45, 7) is -0.655. The second-order valence-corrected chi connectivity index (χ2v) is 4.39. The zero-order valence-corrected chi connectivity index (χ0v) is 8.34. The van der Waals surface area contributed by atoms with Gasteiger partial charge in [0.15, 0.2) is 0 Å². The molecule has 0 bridgehead atoms. The lowest BCUT2D eigenvalue weighted by molar-refractivity contribution is 0.460. The summed E-state index contributed by atoms with van der Waals surface area (Å²) in [4.78, 5) is 0. The normalized spacial score (nSPS) is 11.2. The molecule has 0 aromatic heterocycles. The van der Waals surface area contributed by atoms with Gasteiger partial charge in [-0.1, -0.05) is 18.2 Å². The first-order valence-corrected chi connectivity index (χ1v) is 5.75. The van der Waals surface area contributed by atoms with Crippen molar-refractivity contribution in [3.8, 4) is 5.75 Å². The van der Waals surface area contributed by atoms with Crippen LogP contribution in [0, 0.1) is 0 Å². The molecule has 0 atom stereocenters. The third-order valence-corrected chi connectivity index (χ3v) is 2.73. The molecule has 1 rings (SSSR count). The summed E-state index contributed by atoms with van der Waals surface area (Å²) < 4.78 is 38.8. The Balaban J connectivity index is 2.60. The molecule has 0 spiro atoms. The van der Waals surface area contributed by atoms with Crippen LogP contribution in [0.2, 0.25) is 0 Å². The summed E-state index contributed by atoms with van der Waals surface area (Å²) in [7, 11) is -3.64. The van der Waals surface area contributed by atoms with Crippen molar-refractivity contribution < 1.29 is 17.0 Å². The first kappa shape index (κ1) is 11.0. The van der Waals surface area contributed by atoms with Gasteiger partial charge < -0.3 is 4.18 Å². The Labute approximate surface area is 82.6 Å². The van der Waals surface area contributed by atoms with Gasteiger partial charge in [-0.15, -0.1) is 0 Å². The molecule has 0 saturated carbocycles. The summed E-state index contributed by atoms with van der Waals surface area (Å²) in [5.74, 6) is -0.0374. The SMILES string of the molecule is O=S(=O)(CCCF)Oc1ccccc1. The Hall–Kier alpha value is -1.10. The van der Waals surface area contributed by atoms with Crippen molar-refractivity contribution in [2.75, 3.05) is 12.4 Å². The molecule has 1 aromatic carbocycles. The number of rotatable bonds is 5. The van der Waals surface area contributed by atoms with Gasteiger partial charge in [-0.25, -0.2) is 0 Å². The highest BCUT2D eigenvalue weighted by Crippen LogP contribution is 2.12. The predicted molar refractivity (Wildman–Crippen MR) is 51.4 cm³/mol. The molecule has 0 N–H and O–H groups in total. The fourth-order valence-corrected chi connectivity index (χ4v) is 1.85. The third kappa shape index (κ3) is 3.74. The van der Waals surface area contributed by atoms with E-state index in [-0.39, 0.29) is 17.9 Å². The maximum Gasteiger partial charge on any atom is 0.309 e. The van der Waals surface area contributed by atoms with Crippen molar-refractivity contribution in [2.24, 2.45) is 0 Å². The molecule has 3 nitrogen and oxygen atoms in total. The largest absolute Gasteiger partial charge is 0.382 e. The van der Waals surface area contributed by atoms with E-state index >= 15 is 0 Å². The van der Waals surface area contributed by atoms with E-state index < -0.39 is 16.8 Å². The highest BCUT2D eigenvalue weighted by atomic mass is 32.2. The second kappa shape index (κ2) is 4.95. The monoisotopic (exact) mass is 218 g/mol. The predicted octanol–water partition coefficient (Wildman–Crippen LogP) is 1.75. The van der Waals surface area contributed by atoms with Crippen LogP contribution in [0.4, 0.5) is 4.39 Å². The molecule has 14 heavy (non-hydrogen) atoms. The van der Waals surface area contributed by atoms with Crippen molar-refractivity contribution in [3.05, 3.63) is 30.3 Å². The van der Waals surface area contributed by atoms with Crippen molar-refractivity contribution in [2.45, 2.75) is 6.42 Å². The van der Waals surface area contributed by atoms with E-state index in [1.165, 1.54) is 12.1 Å². The molecule has 0 saturated heterocycles. The Bertz CT molecular complexity index is 361. The number of hydrogen-bond donors (Lipinski definition) is 0. The van der Waals surface area contributed by atoms with E-state index in [0.717, 1.165) is 0 Å². The molecule has 0 aliphatic heterocycles. The minimum atomic E-state index is -3.64. The van der Waals surface area contributed by atoms with E-state index in [9.17, 15) is 12.8 Å². The van der Waals surface area contributed by atoms with Gasteiger partial charge in [0.05, 0.1) is 12.4 Å². The maximum atomic E-state index is 11.7. The van der Waals surface area contributed by atoms with Crippen molar-refractivity contribution in [3.63, 3.8) is 0 Å². The summed E-state index contributed by atoms with van der Waals surface area (Å²) in [6, 6.07) is 8.15. The Morgan fingerprint density at radius 1 is 1.21 bits per heavy atom. The molecule has 0 heterocycles. The van der Waals surface area contributed by atoms with E-state index in [0.29, 0.717) is 0 Å². The molecule has 5 heteroatoms. The molecule has 0 aliphatic rings. The lowest BCUT2D eigenvalue weighted by Crippen LogP contribution is -2.14. The van der Waals surface area contributed by atoms with Gasteiger partial charge >= 0.3 is 10.1 Å². The summed E-state index contributed by atoms with van der Waals surface area (Å²) in [5.41, 5.74) is 0. The first-order valence-electron chi connectivity index (χ1n) is 4.17. The molecule has 0 fully saturated rings. The van der Waals surface area contributed by atoms with Crippen LogP contribution in [0.3, 0.4) is 0 Å². The quantitative estimate of drug-likeness (QED) is 0.707. The van der Waals surface area contributed by atoms with Crippen LogP contribution in [0.15, 0.2) is 30.3 Å². The number of para-hydroxylation sites is 1. The Morgan fingerprint density at radius 2 is 1.86 bits per heavy atom. The van der Waals surface area contributed by atoms with Gasteiger partial charge in [0.25, 0.3) is 0 Å². The topological polar surface area (TPSA) is 43.4 Å². The average molecular weight is 218 g/mol. The smallest absolute Gasteiger partial charge is 0.309 e. The first-order chi connectivity index (χ1) is 6.64.